The molecule has 0 spiro atoms. The summed E-state index contributed by atoms with van der Waals surface area (Å²) in [6.07, 6.45) is 4.37. The van der Waals surface area contributed by atoms with Crippen LogP contribution in [0.3, 0.4) is 0 Å². The molecule has 0 aromatic rings. The molecule has 2 saturated heterocycles. The number of nitrogens with one attached hydrogen (secondary N) is 2. The molecule has 1 amide bonds. The highest BCUT2D eigenvalue weighted by Crippen LogP contribution is 2.15. The molecule has 1 unspecified atom stereocenters. The molecule has 0 aromatic heterocycles. The quantitative estimate of drug-likeness (QED) is 0.735. The summed E-state index contributed by atoms with van der Waals surface area (Å²) in [5, 5.41) is 6.31. The Bertz CT molecular complexity index is 221. The van der Waals surface area contributed by atoms with Gasteiger partial charge in [0.2, 0.25) is 5.91 Å². The molecule has 4 heteroatoms. The van der Waals surface area contributed by atoms with E-state index in [1.165, 1.54) is 0 Å². The zero-order valence-electron chi connectivity index (χ0n) is 9.84. The van der Waals surface area contributed by atoms with Gasteiger partial charge in [-0.05, 0) is 38.1 Å². The number of rotatable bonds is 4. The predicted octanol–water partition coefficient (Wildman–Crippen LogP) is 0.529. The van der Waals surface area contributed by atoms with E-state index in [-0.39, 0.29) is 11.8 Å². The van der Waals surface area contributed by atoms with Crippen molar-refractivity contribution in [3.63, 3.8) is 0 Å². The summed E-state index contributed by atoms with van der Waals surface area (Å²) in [6, 6.07) is 0. The Kier molecular flexibility index (Phi) is 4.60. The van der Waals surface area contributed by atoms with Crippen LogP contribution in [0.15, 0.2) is 0 Å². The fraction of sp³-hybridized carbons (Fsp3) is 0.917. The lowest BCUT2D eigenvalue weighted by Crippen LogP contribution is -2.41. The third-order valence-electron chi connectivity index (χ3n) is 3.54. The number of hydrogen-bond acceptors (Lipinski definition) is 3. The topological polar surface area (TPSA) is 50.4 Å². The van der Waals surface area contributed by atoms with Crippen LogP contribution in [-0.2, 0) is 9.53 Å². The van der Waals surface area contributed by atoms with Crippen LogP contribution in [0, 0.1) is 11.8 Å². The first-order chi connectivity index (χ1) is 7.86. The average molecular weight is 226 g/mol. The van der Waals surface area contributed by atoms with Crippen molar-refractivity contribution in [3.8, 4) is 0 Å². The van der Waals surface area contributed by atoms with Crippen LogP contribution in [0.4, 0.5) is 0 Å². The summed E-state index contributed by atoms with van der Waals surface area (Å²) in [6.45, 7) is 4.48. The van der Waals surface area contributed by atoms with Gasteiger partial charge in [0.25, 0.3) is 0 Å². The Morgan fingerprint density at radius 1 is 1.44 bits per heavy atom. The SMILES string of the molecule is O=C(NCCC1CCOC1)[C@@H]1CCCNC1. The van der Waals surface area contributed by atoms with Crippen molar-refractivity contribution in [2.45, 2.75) is 25.7 Å². The van der Waals surface area contributed by atoms with Crippen molar-refractivity contribution in [1.29, 1.82) is 0 Å². The smallest absolute Gasteiger partial charge is 0.224 e. The van der Waals surface area contributed by atoms with Gasteiger partial charge in [-0.3, -0.25) is 4.79 Å². The fourth-order valence-corrected chi connectivity index (χ4v) is 2.43. The number of hydrogen-bond donors (Lipinski definition) is 2. The molecule has 0 radical (unpaired) electrons. The largest absolute Gasteiger partial charge is 0.381 e. The molecule has 4 nitrogen and oxygen atoms in total. The predicted molar refractivity (Wildman–Crippen MR) is 62.1 cm³/mol. The molecule has 0 aliphatic carbocycles. The minimum absolute atomic E-state index is 0.188. The van der Waals surface area contributed by atoms with Gasteiger partial charge in [0, 0.05) is 26.3 Å². The van der Waals surface area contributed by atoms with E-state index in [0.717, 1.165) is 58.5 Å². The fourth-order valence-electron chi connectivity index (χ4n) is 2.43. The summed E-state index contributed by atoms with van der Waals surface area (Å²) in [7, 11) is 0. The highest BCUT2D eigenvalue weighted by Gasteiger charge is 2.21. The van der Waals surface area contributed by atoms with E-state index in [0.29, 0.717) is 5.92 Å². The van der Waals surface area contributed by atoms with Crippen LogP contribution in [0.5, 0.6) is 0 Å². The van der Waals surface area contributed by atoms with Crippen LogP contribution in [0.25, 0.3) is 0 Å². The number of ether oxygens (including phenoxy) is 1. The number of carbonyl (C=O) groups excluding carboxylic acids is 1. The zero-order valence-corrected chi connectivity index (χ0v) is 9.84. The maximum atomic E-state index is 11.8. The minimum atomic E-state index is 0.188. The molecule has 0 aromatic carbocycles. The summed E-state index contributed by atoms with van der Waals surface area (Å²) in [5.74, 6) is 1.07. The van der Waals surface area contributed by atoms with Crippen molar-refractivity contribution < 1.29 is 9.53 Å². The molecule has 2 N–H and O–H groups in total. The lowest BCUT2D eigenvalue weighted by molar-refractivity contribution is -0.125. The van der Waals surface area contributed by atoms with Gasteiger partial charge in [-0.25, -0.2) is 0 Å². The molecule has 0 saturated carbocycles. The maximum Gasteiger partial charge on any atom is 0.224 e. The van der Waals surface area contributed by atoms with E-state index < -0.39 is 0 Å². The summed E-state index contributed by atoms with van der Waals surface area (Å²) in [4.78, 5) is 11.8. The normalized spacial score (nSPS) is 30.2. The average Bonchev–Trinajstić information content (AvgIpc) is 2.83. The molecule has 2 heterocycles. The van der Waals surface area contributed by atoms with Crippen molar-refractivity contribution >= 4 is 5.91 Å². The van der Waals surface area contributed by atoms with E-state index >= 15 is 0 Å². The van der Waals surface area contributed by atoms with Crippen LogP contribution < -0.4 is 10.6 Å². The lowest BCUT2D eigenvalue weighted by Gasteiger charge is -2.22. The van der Waals surface area contributed by atoms with Gasteiger partial charge >= 0.3 is 0 Å². The van der Waals surface area contributed by atoms with Crippen molar-refractivity contribution in [3.05, 3.63) is 0 Å². The number of amides is 1. The molecular formula is C12H22N2O2. The van der Waals surface area contributed by atoms with Crippen LogP contribution in [0.2, 0.25) is 0 Å². The summed E-state index contributed by atoms with van der Waals surface area (Å²) in [5.41, 5.74) is 0. The third-order valence-corrected chi connectivity index (χ3v) is 3.54. The standard InChI is InChI=1S/C12H22N2O2/c15-12(11-2-1-5-13-8-11)14-6-3-10-4-7-16-9-10/h10-11,13H,1-9H2,(H,14,15)/t10?,11-/m1/s1. The first-order valence-corrected chi connectivity index (χ1v) is 6.42. The molecule has 92 valence electrons. The van der Waals surface area contributed by atoms with E-state index in [4.69, 9.17) is 4.74 Å². The zero-order chi connectivity index (χ0) is 11.2. The molecule has 2 atom stereocenters. The second-order valence-electron chi connectivity index (χ2n) is 4.85. The molecule has 2 aliphatic rings. The minimum Gasteiger partial charge on any atom is -0.381 e. The van der Waals surface area contributed by atoms with Crippen molar-refractivity contribution in [2.24, 2.45) is 11.8 Å². The van der Waals surface area contributed by atoms with Gasteiger partial charge in [0.05, 0.1) is 5.92 Å². The Morgan fingerprint density at radius 3 is 3.06 bits per heavy atom. The highest BCUT2D eigenvalue weighted by molar-refractivity contribution is 5.78. The Labute approximate surface area is 97.1 Å². The molecule has 2 fully saturated rings. The lowest BCUT2D eigenvalue weighted by atomic mass is 9.98. The molecule has 0 bridgehead atoms. The van der Waals surface area contributed by atoms with E-state index in [1.807, 2.05) is 0 Å². The Hall–Kier alpha value is -0.610. The van der Waals surface area contributed by atoms with Gasteiger partial charge in [0.15, 0.2) is 0 Å². The maximum absolute atomic E-state index is 11.8. The third kappa shape index (κ3) is 3.46. The summed E-state index contributed by atoms with van der Waals surface area (Å²) >= 11 is 0. The monoisotopic (exact) mass is 226 g/mol. The van der Waals surface area contributed by atoms with Crippen molar-refractivity contribution in [1.82, 2.24) is 10.6 Å². The number of piperidine rings is 1. The molecule has 16 heavy (non-hydrogen) atoms. The van der Waals surface area contributed by atoms with Crippen LogP contribution >= 0.6 is 0 Å². The second kappa shape index (κ2) is 6.21. The Morgan fingerprint density at radius 2 is 2.38 bits per heavy atom. The van der Waals surface area contributed by atoms with Crippen LogP contribution in [-0.4, -0.2) is 38.8 Å². The van der Waals surface area contributed by atoms with Gasteiger partial charge in [-0.1, -0.05) is 0 Å². The first kappa shape index (κ1) is 11.9. The van der Waals surface area contributed by atoms with Gasteiger partial charge in [-0.15, -0.1) is 0 Å². The number of carbonyl (C=O) groups is 1. The van der Waals surface area contributed by atoms with Crippen molar-refractivity contribution in [2.75, 3.05) is 32.8 Å². The van der Waals surface area contributed by atoms with Gasteiger partial charge in [0.1, 0.15) is 0 Å². The van der Waals surface area contributed by atoms with E-state index in [1.54, 1.807) is 0 Å². The van der Waals surface area contributed by atoms with Gasteiger partial charge < -0.3 is 15.4 Å². The second-order valence-corrected chi connectivity index (χ2v) is 4.85. The van der Waals surface area contributed by atoms with E-state index in [2.05, 4.69) is 10.6 Å². The Balaban J connectivity index is 1.59. The first-order valence-electron chi connectivity index (χ1n) is 6.42. The molecule has 2 aliphatic heterocycles. The van der Waals surface area contributed by atoms with E-state index in [9.17, 15) is 4.79 Å². The highest BCUT2D eigenvalue weighted by atomic mass is 16.5. The van der Waals surface area contributed by atoms with Gasteiger partial charge in [-0.2, -0.15) is 0 Å². The molecular weight excluding hydrogens is 204 g/mol. The van der Waals surface area contributed by atoms with Crippen LogP contribution in [0.1, 0.15) is 25.7 Å². The summed E-state index contributed by atoms with van der Waals surface area (Å²) < 4.78 is 5.31. The molecule has 2 rings (SSSR count).